The first-order chi connectivity index (χ1) is 4.74. The van der Waals surface area contributed by atoms with Crippen LogP contribution in [0.3, 0.4) is 0 Å². The summed E-state index contributed by atoms with van der Waals surface area (Å²) in [6.45, 7) is 2.14. The lowest BCUT2D eigenvalue weighted by molar-refractivity contribution is 0.885. The number of halogens is 2. The summed E-state index contributed by atoms with van der Waals surface area (Å²) in [7, 11) is 0. The van der Waals surface area contributed by atoms with Crippen molar-refractivity contribution in [2.24, 2.45) is 0 Å². The maximum absolute atomic E-state index is 4.11. The van der Waals surface area contributed by atoms with Gasteiger partial charge in [-0.05, 0) is 38.3 Å². The van der Waals surface area contributed by atoms with Crippen LogP contribution < -0.4 is 0 Å². The van der Waals surface area contributed by atoms with Crippen molar-refractivity contribution in [3.63, 3.8) is 0 Å². The van der Waals surface area contributed by atoms with Crippen molar-refractivity contribution in [2.75, 3.05) is 0 Å². The third kappa shape index (κ3) is 1.83. The highest BCUT2D eigenvalue weighted by Crippen LogP contribution is 2.17. The van der Waals surface area contributed by atoms with Crippen molar-refractivity contribution in [2.45, 2.75) is 19.8 Å². The second-order valence-electron chi connectivity index (χ2n) is 2.05. The monoisotopic (exact) mass is 266 g/mol. The van der Waals surface area contributed by atoms with Gasteiger partial charge in [0.2, 0.25) is 0 Å². The first-order valence-electron chi connectivity index (χ1n) is 3.14. The lowest BCUT2D eigenvalue weighted by Crippen LogP contribution is -1.82. The van der Waals surface area contributed by atoms with E-state index in [1.807, 2.05) is 0 Å². The van der Waals surface area contributed by atoms with Gasteiger partial charge in [0.25, 0.3) is 0 Å². The third-order valence-electron chi connectivity index (χ3n) is 1.20. The number of hydrogen-bond donors (Lipinski definition) is 1. The Labute approximate surface area is 76.7 Å². The van der Waals surface area contributed by atoms with Crippen LogP contribution in [0.5, 0.6) is 0 Å². The van der Waals surface area contributed by atoms with Crippen LogP contribution in [-0.2, 0) is 6.42 Å². The second-order valence-corrected chi connectivity index (χ2v) is 3.55. The fourth-order valence-electron chi connectivity index (χ4n) is 0.773. The summed E-state index contributed by atoms with van der Waals surface area (Å²) in [4.78, 5) is 7.21. The minimum atomic E-state index is 0.794. The minimum absolute atomic E-state index is 0.794. The van der Waals surface area contributed by atoms with E-state index >= 15 is 0 Å². The Morgan fingerprint density at radius 2 is 2.20 bits per heavy atom. The van der Waals surface area contributed by atoms with E-state index in [1.165, 1.54) is 0 Å². The predicted octanol–water partition coefficient (Wildman–Crippen LogP) is 2.89. The molecular formula is C6H8Br2N2. The maximum atomic E-state index is 4.11. The number of hydrogen-bond acceptors (Lipinski definition) is 1. The highest BCUT2D eigenvalue weighted by atomic mass is 79.9. The largest absolute Gasteiger partial charge is 0.335 e. The molecule has 0 amide bonds. The number of aromatic nitrogens is 2. The van der Waals surface area contributed by atoms with Crippen molar-refractivity contribution in [1.29, 1.82) is 0 Å². The summed E-state index contributed by atoms with van der Waals surface area (Å²) in [5.41, 5.74) is 1.16. The molecule has 1 N–H and O–H groups in total. The Balaban J connectivity index is 2.81. The van der Waals surface area contributed by atoms with Crippen LogP contribution in [0.15, 0.2) is 9.34 Å². The molecule has 2 nitrogen and oxygen atoms in total. The highest BCUT2D eigenvalue weighted by molar-refractivity contribution is 9.11. The summed E-state index contributed by atoms with van der Waals surface area (Å²) in [5, 5.41) is 0. The molecule has 0 saturated heterocycles. The van der Waals surface area contributed by atoms with Gasteiger partial charge in [0, 0.05) is 0 Å². The van der Waals surface area contributed by atoms with Gasteiger partial charge in [-0.2, -0.15) is 0 Å². The molecule has 0 fully saturated rings. The number of aromatic amines is 1. The van der Waals surface area contributed by atoms with Crippen molar-refractivity contribution >= 4 is 31.9 Å². The number of H-pyrrole nitrogens is 1. The fourth-order valence-corrected chi connectivity index (χ4v) is 1.90. The molecule has 1 aromatic heterocycles. The zero-order chi connectivity index (χ0) is 7.56. The summed E-state index contributed by atoms with van der Waals surface area (Å²) < 4.78 is 1.71. The van der Waals surface area contributed by atoms with Crippen molar-refractivity contribution < 1.29 is 0 Å². The average molecular weight is 268 g/mol. The summed E-state index contributed by atoms with van der Waals surface area (Å²) in [5.74, 6) is 0. The molecule has 0 unspecified atom stereocenters. The molecule has 10 heavy (non-hydrogen) atoms. The normalized spacial score (nSPS) is 10.3. The predicted molar refractivity (Wildman–Crippen MR) is 48.0 cm³/mol. The van der Waals surface area contributed by atoms with E-state index in [4.69, 9.17) is 0 Å². The molecule has 0 aliphatic heterocycles. The maximum Gasteiger partial charge on any atom is 0.175 e. The van der Waals surface area contributed by atoms with E-state index < -0.39 is 0 Å². The van der Waals surface area contributed by atoms with Crippen molar-refractivity contribution in [3.05, 3.63) is 15.0 Å². The number of aryl methyl sites for hydroxylation is 1. The Hall–Kier alpha value is 0.170. The Morgan fingerprint density at radius 3 is 2.60 bits per heavy atom. The van der Waals surface area contributed by atoms with Gasteiger partial charge in [-0.1, -0.05) is 13.3 Å². The second kappa shape index (κ2) is 3.53. The highest BCUT2D eigenvalue weighted by Gasteiger charge is 2.02. The average Bonchev–Trinajstić information content (AvgIpc) is 2.13. The standard InChI is InChI=1S/C6H8Br2N2/c1-2-3-4-5(7)10-6(8)9-4/h2-3H2,1H3,(H,9,10). The van der Waals surface area contributed by atoms with Crippen LogP contribution >= 0.6 is 31.9 Å². The third-order valence-corrected chi connectivity index (χ3v) is 2.23. The first kappa shape index (κ1) is 8.27. The van der Waals surface area contributed by atoms with Crippen LogP contribution in [0, 0.1) is 0 Å². The Bertz CT molecular complexity index is 220. The molecule has 56 valence electrons. The molecule has 0 aromatic carbocycles. The molecule has 1 heterocycles. The number of imidazole rings is 1. The first-order valence-corrected chi connectivity index (χ1v) is 4.72. The van der Waals surface area contributed by atoms with Gasteiger partial charge in [-0.25, -0.2) is 4.98 Å². The number of rotatable bonds is 2. The zero-order valence-electron chi connectivity index (χ0n) is 5.62. The molecular weight excluding hydrogens is 260 g/mol. The molecule has 0 atom stereocenters. The fraction of sp³-hybridized carbons (Fsp3) is 0.500. The summed E-state index contributed by atoms with van der Waals surface area (Å²) >= 11 is 6.60. The topological polar surface area (TPSA) is 28.7 Å². The van der Waals surface area contributed by atoms with Crippen LogP contribution in [-0.4, -0.2) is 9.97 Å². The van der Waals surface area contributed by atoms with E-state index in [0.29, 0.717) is 0 Å². The molecule has 1 aromatic rings. The molecule has 4 heteroatoms. The quantitative estimate of drug-likeness (QED) is 0.877. The van der Waals surface area contributed by atoms with E-state index in [-0.39, 0.29) is 0 Å². The van der Waals surface area contributed by atoms with E-state index in [2.05, 4.69) is 48.8 Å². The summed E-state index contributed by atoms with van der Waals surface area (Å²) in [6, 6.07) is 0. The van der Waals surface area contributed by atoms with E-state index in [1.54, 1.807) is 0 Å². The minimum Gasteiger partial charge on any atom is -0.335 e. The summed E-state index contributed by atoms with van der Waals surface area (Å²) in [6.07, 6.45) is 2.17. The molecule has 0 spiro atoms. The van der Waals surface area contributed by atoms with Gasteiger partial charge in [-0.15, -0.1) is 0 Å². The van der Waals surface area contributed by atoms with Gasteiger partial charge in [0.15, 0.2) is 4.73 Å². The van der Waals surface area contributed by atoms with Crippen molar-refractivity contribution in [1.82, 2.24) is 9.97 Å². The SMILES string of the molecule is CCCc1[nH]c(Br)nc1Br. The number of nitrogens with one attached hydrogen (secondary N) is 1. The lowest BCUT2D eigenvalue weighted by Gasteiger charge is -1.90. The van der Waals surface area contributed by atoms with Crippen molar-refractivity contribution in [3.8, 4) is 0 Å². The van der Waals surface area contributed by atoms with Gasteiger partial charge in [0.05, 0.1) is 5.69 Å². The van der Waals surface area contributed by atoms with Crippen LogP contribution in [0.25, 0.3) is 0 Å². The van der Waals surface area contributed by atoms with Gasteiger partial charge >= 0.3 is 0 Å². The van der Waals surface area contributed by atoms with Crippen LogP contribution in [0.2, 0.25) is 0 Å². The molecule has 0 radical (unpaired) electrons. The van der Waals surface area contributed by atoms with Crippen LogP contribution in [0.4, 0.5) is 0 Å². The molecule has 0 aliphatic rings. The number of nitrogens with zero attached hydrogens (tertiary/aromatic N) is 1. The molecule has 0 saturated carbocycles. The molecule has 0 bridgehead atoms. The zero-order valence-corrected chi connectivity index (χ0v) is 8.79. The van der Waals surface area contributed by atoms with E-state index in [9.17, 15) is 0 Å². The van der Waals surface area contributed by atoms with E-state index in [0.717, 1.165) is 27.9 Å². The smallest absolute Gasteiger partial charge is 0.175 e. The van der Waals surface area contributed by atoms with Gasteiger partial charge in [0.1, 0.15) is 4.60 Å². The van der Waals surface area contributed by atoms with Crippen LogP contribution in [0.1, 0.15) is 19.0 Å². The molecule has 0 aliphatic carbocycles. The Kier molecular flexibility index (Phi) is 2.92. The van der Waals surface area contributed by atoms with Gasteiger partial charge < -0.3 is 4.98 Å². The Morgan fingerprint density at radius 1 is 1.50 bits per heavy atom. The lowest BCUT2D eigenvalue weighted by atomic mass is 10.3. The van der Waals surface area contributed by atoms with Gasteiger partial charge in [-0.3, -0.25) is 0 Å². The molecule has 1 rings (SSSR count).